The molecule has 0 saturated carbocycles. The quantitative estimate of drug-likeness (QED) is 0.486. The normalized spacial score (nSPS) is 17.1. The van der Waals surface area contributed by atoms with E-state index in [0.29, 0.717) is 17.7 Å². The Morgan fingerprint density at radius 1 is 1.04 bits per heavy atom. The van der Waals surface area contributed by atoms with Gasteiger partial charge in [0.25, 0.3) is 0 Å². The Balaban J connectivity index is 1.83. The number of hydrogen-bond acceptors (Lipinski definition) is 4. The van der Waals surface area contributed by atoms with E-state index in [1.165, 1.54) is 30.5 Å². The molecule has 27 heavy (non-hydrogen) atoms. The number of nitrogens with zero attached hydrogens (tertiary/aromatic N) is 3. The van der Waals surface area contributed by atoms with Crippen LogP contribution in [-0.4, -0.2) is 10.7 Å². The maximum atomic E-state index is 14.7. The van der Waals surface area contributed by atoms with Gasteiger partial charge in [0, 0.05) is 35.4 Å². The summed E-state index contributed by atoms with van der Waals surface area (Å²) in [5.74, 6) is -1.13. The van der Waals surface area contributed by atoms with Crippen molar-refractivity contribution in [2.24, 2.45) is 4.99 Å². The topological polar surface area (TPSA) is 58.3 Å². The lowest BCUT2D eigenvalue weighted by Crippen LogP contribution is -2.21. The predicted molar refractivity (Wildman–Crippen MR) is 96.2 cm³/mol. The van der Waals surface area contributed by atoms with Crippen LogP contribution in [0.4, 0.5) is 8.78 Å². The molecule has 1 unspecified atom stereocenters. The molecule has 1 aliphatic rings. The van der Waals surface area contributed by atoms with Crippen molar-refractivity contribution < 1.29 is 13.5 Å². The highest BCUT2D eigenvalue weighted by Crippen LogP contribution is 2.39. The second kappa shape index (κ2) is 6.96. The van der Waals surface area contributed by atoms with Gasteiger partial charge in [-0.2, -0.15) is 14.6 Å². The summed E-state index contributed by atoms with van der Waals surface area (Å²) in [6.07, 6.45) is 3.05. The zero-order valence-corrected chi connectivity index (χ0v) is 14.1. The van der Waals surface area contributed by atoms with E-state index in [2.05, 4.69) is 9.98 Å². The van der Waals surface area contributed by atoms with Gasteiger partial charge in [-0.15, -0.1) is 0 Å². The maximum absolute atomic E-state index is 14.7. The molecule has 4 rings (SSSR count). The number of aliphatic imine (C=N–C) groups is 1. The lowest BCUT2D eigenvalue weighted by atomic mass is 9.93. The summed E-state index contributed by atoms with van der Waals surface area (Å²) in [5, 5.41) is 9.06. The van der Waals surface area contributed by atoms with E-state index in [9.17, 15) is 8.78 Å². The number of halogens is 2. The van der Waals surface area contributed by atoms with E-state index < -0.39 is 11.8 Å². The maximum Gasteiger partial charge on any atom is 0.220 e. The number of nitriles is 1. The zero-order chi connectivity index (χ0) is 18.8. The molecule has 0 bridgehead atoms. The summed E-state index contributed by atoms with van der Waals surface area (Å²) in [4.78, 5) is 7.47. The van der Waals surface area contributed by atoms with Crippen LogP contribution in [0.15, 0.2) is 65.8 Å². The second-order valence-electron chi connectivity index (χ2n) is 6.05. The Bertz CT molecular complexity index is 1070. The molecule has 2 heterocycles. The first-order chi connectivity index (χ1) is 13.2. The third-order valence-corrected chi connectivity index (χ3v) is 4.43. The summed E-state index contributed by atoms with van der Waals surface area (Å²) in [6.45, 7) is 0. The van der Waals surface area contributed by atoms with Crippen LogP contribution < -0.4 is 4.74 Å². The van der Waals surface area contributed by atoms with Crippen molar-refractivity contribution in [2.45, 2.75) is 12.5 Å². The van der Waals surface area contributed by atoms with Crippen molar-refractivity contribution in [1.29, 1.82) is 5.26 Å². The van der Waals surface area contributed by atoms with Crippen LogP contribution in [0.3, 0.4) is 0 Å². The molecule has 0 radical (unpaired) electrons. The Morgan fingerprint density at radius 2 is 1.85 bits per heavy atom. The van der Waals surface area contributed by atoms with Gasteiger partial charge in [-0.3, -0.25) is 0 Å². The molecule has 0 N–H and O–H groups in total. The van der Waals surface area contributed by atoms with Crippen LogP contribution >= 0.6 is 0 Å². The molecule has 0 spiro atoms. The van der Waals surface area contributed by atoms with E-state index in [1.54, 1.807) is 6.19 Å². The minimum Gasteiger partial charge on any atom is -0.485 e. The molecule has 1 aromatic heterocycles. The Kier molecular flexibility index (Phi) is 4.35. The minimum absolute atomic E-state index is 0.0410. The average Bonchev–Trinajstić information content (AvgIpc) is 2.69. The summed E-state index contributed by atoms with van der Waals surface area (Å²) in [6, 6.07) is 15.1. The number of ether oxygens (including phenoxy) is 1. The average molecular weight is 361 g/mol. The van der Waals surface area contributed by atoms with E-state index >= 15 is 0 Å². The number of pyridine rings is 1. The first-order valence-corrected chi connectivity index (χ1v) is 8.29. The van der Waals surface area contributed by atoms with Crippen molar-refractivity contribution in [2.75, 3.05) is 0 Å². The SMILES string of the molecule is N#C/N=C1\CC(c2ccccc2)Oc2cc(F)c(-c3cccnc3F)cc21. The minimum atomic E-state index is -0.769. The molecular weight excluding hydrogens is 348 g/mol. The fraction of sp³-hybridized carbons (Fsp3) is 0.0952. The summed E-state index contributed by atoms with van der Waals surface area (Å²) in [7, 11) is 0. The zero-order valence-electron chi connectivity index (χ0n) is 14.1. The molecule has 0 amide bonds. The molecule has 1 aliphatic heterocycles. The van der Waals surface area contributed by atoms with E-state index in [0.717, 1.165) is 5.56 Å². The fourth-order valence-electron chi connectivity index (χ4n) is 3.17. The Morgan fingerprint density at radius 3 is 2.59 bits per heavy atom. The van der Waals surface area contributed by atoms with Gasteiger partial charge in [0.15, 0.2) is 0 Å². The summed E-state index contributed by atoms with van der Waals surface area (Å²) < 4.78 is 34.7. The molecule has 1 atom stereocenters. The molecule has 4 nitrogen and oxygen atoms in total. The monoisotopic (exact) mass is 361 g/mol. The molecule has 6 heteroatoms. The highest BCUT2D eigenvalue weighted by molar-refractivity contribution is 6.05. The van der Waals surface area contributed by atoms with Crippen LogP contribution in [0.25, 0.3) is 11.1 Å². The molecule has 0 saturated heterocycles. The standard InChI is InChI=1S/C21H13F2N3O/c22-17-10-20-16(9-15(17)14-7-4-8-25-21(14)23)18(26-12-24)11-19(27-20)13-5-2-1-3-6-13/h1-10,19H,11H2/b26-18+. The third kappa shape index (κ3) is 3.15. The van der Waals surface area contributed by atoms with Crippen molar-refractivity contribution in [1.82, 2.24) is 4.98 Å². The van der Waals surface area contributed by atoms with Gasteiger partial charge in [-0.05, 0) is 23.8 Å². The smallest absolute Gasteiger partial charge is 0.220 e. The first kappa shape index (κ1) is 16.9. The van der Waals surface area contributed by atoms with Crippen LogP contribution in [0.5, 0.6) is 5.75 Å². The molecule has 3 aromatic rings. The van der Waals surface area contributed by atoms with Gasteiger partial charge in [-0.1, -0.05) is 30.3 Å². The molecule has 2 aromatic carbocycles. The van der Waals surface area contributed by atoms with Crippen LogP contribution in [-0.2, 0) is 0 Å². The van der Waals surface area contributed by atoms with Crippen LogP contribution in [0.2, 0.25) is 0 Å². The van der Waals surface area contributed by atoms with E-state index in [-0.39, 0.29) is 23.0 Å². The lowest BCUT2D eigenvalue weighted by molar-refractivity contribution is 0.205. The van der Waals surface area contributed by atoms with Gasteiger partial charge in [0.1, 0.15) is 17.7 Å². The first-order valence-electron chi connectivity index (χ1n) is 8.29. The fourth-order valence-corrected chi connectivity index (χ4v) is 3.17. The number of aromatic nitrogens is 1. The van der Waals surface area contributed by atoms with Crippen LogP contribution in [0, 0.1) is 23.2 Å². The highest BCUT2D eigenvalue weighted by Gasteiger charge is 2.28. The second-order valence-corrected chi connectivity index (χ2v) is 6.05. The Labute approximate surface area is 154 Å². The number of rotatable bonds is 2. The van der Waals surface area contributed by atoms with E-state index in [1.807, 2.05) is 30.3 Å². The van der Waals surface area contributed by atoms with Crippen molar-refractivity contribution in [3.8, 4) is 23.1 Å². The van der Waals surface area contributed by atoms with E-state index in [4.69, 9.17) is 10.00 Å². The summed E-state index contributed by atoms with van der Waals surface area (Å²) >= 11 is 0. The molecule has 0 aliphatic carbocycles. The molecule has 132 valence electrons. The van der Waals surface area contributed by atoms with Crippen molar-refractivity contribution >= 4 is 5.71 Å². The summed E-state index contributed by atoms with van der Waals surface area (Å²) in [5.41, 5.74) is 1.93. The number of fused-ring (bicyclic) bond motifs is 1. The van der Waals surface area contributed by atoms with Crippen molar-refractivity contribution in [3.05, 3.63) is 83.7 Å². The number of benzene rings is 2. The van der Waals surface area contributed by atoms with Crippen LogP contribution in [0.1, 0.15) is 23.7 Å². The molecule has 0 fully saturated rings. The third-order valence-electron chi connectivity index (χ3n) is 4.43. The van der Waals surface area contributed by atoms with Gasteiger partial charge >= 0.3 is 0 Å². The largest absolute Gasteiger partial charge is 0.485 e. The van der Waals surface area contributed by atoms with Crippen molar-refractivity contribution in [3.63, 3.8) is 0 Å². The molecular formula is C21H13F2N3O. The van der Waals surface area contributed by atoms with Gasteiger partial charge in [0.2, 0.25) is 12.1 Å². The predicted octanol–water partition coefficient (Wildman–Crippen LogP) is 4.82. The van der Waals surface area contributed by atoms with Gasteiger partial charge in [0.05, 0.1) is 5.71 Å². The number of hydrogen-bond donors (Lipinski definition) is 0. The lowest BCUT2D eigenvalue weighted by Gasteiger charge is -2.28. The highest BCUT2D eigenvalue weighted by atomic mass is 19.1. The van der Waals surface area contributed by atoms with Gasteiger partial charge in [-0.25, -0.2) is 9.37 Å². The Hall–Kier alpha value is -3.59. The van der Waals surface area contributed by atoms with Gasteiger partial charge < -0.3 is 4.74 Å².